The van der Waals surface area contributed by atoms with Crippen molar-refractivity contribution in [3.05, 3.63) is 35.9 Å². The van der Waals surface area contributed by atoms with Crippen LogP contribution in [0.25, 0.3) is 0 Å². The summed E-state index contributed by atoms with van der Waals surface area (Å²) < 4.78 is 5.15. The van der Waals surface area contributed by atoms with Gasteiger partial charge in [0.15, 0.2) is 6.04 Å². The van der Waals surface area contributed by atoms with Crippen molar-refractivity contribution in [1.82, 2.24) is 10.2 Å². The van der Waals surface area contributed by atoms with Crippen molar-refractivity contribution in [1.29, 1.82) is 0 Å². The molecule has 1 saturated heterocycles. The van der Waals surface area contributed by atoms with E-state index in [1.165, 1.54) is 0 Å². The topological polar surface area (TPSA) is 78.9 Å². The number of nitrogens with one attached hydrogen (secondary N) is 1. The van der Waals surface area contributed by atoms with Gasteiger partial charge in [-0.25, -0.2) is 9.59 Å². The van der Waals surface area contributed by atoms with Gasteiger partial charge in [-0.3, -0.25) is 0 Å². The van der Waals surface area contributed by atoms with E-state index in [9.17, 15) is 14.7 Å². The highest BCUT2D eigenvalue weighted by Gasteiger charge is 2.25. The average molecular weight is 264 g/mol. The lowest BCUT2D eigenvalue weighted by atomic mass is 10.1. The number of carboxylic acids is 1. The fraction of sp³-hybridized carbons (Fsp3) is 0.385. The Morgan fingerprint density at radius 1 is 1.21 bits per heavy atom. The molecule has 6 heteroatoms. The van der Waals surface area contributed by atoms with Crippen LogP contribution in [0.3, 0.4) is 0 Å². The number of amides is 2. The van der Waals surface area contributed by atoms with E-state index < -0.39 is 12.0 Å². The van der Waals surface area contributed by atoms with Crippen LogP contribution < -0.4 is 5.32 Å². The molecule has 0 radical (unpaired) electrons. The summed E-state index contributed by atoms with van der Waals surface area (Å²) in [5.74, 6) is -1.08. The van der Waals surface area contributed by atoms with Crippen LogP contribution in [0.4, 0.5) is 4.79 Å². The fourth-order valence-electron chi connectivity index (χ4n) is 1.91. The van der Waals surface area contributed by atoms with Crippen molar-refractivity contribution in [3.63, 3.8) is 0 Å². The minimum absolute atomic E-state index is 0.375. The SMILES string of the molecule is O=C(O)[C@@H](NC(=O)N1CCOCC1)c1ccccc1. The molecule has 6 nitrogen and oxygen atoms in total. The molecule has 0 spiro atoms. The Morgan fingerprint density at radius 2 is 1.84 bits per heavy atom. The molecule has 1 atom stereocenters. The van der Waals surface area contributed by atoms with Crippen LogP contribution in [0.15, 0.2) is 30.3 Å². The number of carboxylic acid groups (broad SMARTS) is 1. The molecule has 1 aromatic rings. The minimum atomic E-state index is -1.08. The molecule has 0 aromatic heterocycles. The molecule has 0 aliphatic carbocycles. The molecule has 0 saturated carbocycles. The largest absolute Gasteiger partial charge is 0.479 e. The van der Waals surface area contributed by atoms with Crippen molar-refractivity contribution < 1.29 is 19.4 Å². The Hall–Kier alpha value is -2.08. The number of carbonyl (C=O) groups is 2. The molecule has 1 aliphatic heterocycles. The molecule has 1 fully saturated rings. The quantitative estimate of drug-likeness (QED) is 0.848. The number of aliphatic carboxylic acids is 1. The Bertz CT molecular complexity index is 443. The van der Waals surface area contributed by atoms with E-state index in [-0.39, 0.29) is 6.03 Å². The van der Waals surface area contributed by atoms with Crippen molar-refractivity contribution in [2.24, 2.45) is 0 Å². The Labute approximate surface area is 111 Å². The smallest absolute Gasteiger partial charge is 0.330 e. The van der Waals surface area contributed by atoms with E-state index in [4.69, 9.17) is 4.74 Å². The zero-order valence-electron chi connectivity index (χ0n) is 10.4. The lowest BCUT2D eigenvalue weighted by molar-refractivity contribution is -0.139. The van der Waals surface area contributed by atoms with Crippen LogP contribution in [0.5, 0.6) is 0 Å². The summed E-state index contributed by atoms with van der Waals surface area (Å²) in [7, 11) is 0. The van der Waals surface area contributed by atoms with Gasteiger partial charge in [0.1, 0.15) is 0 Å². The van der Waals surface area contributed by atoms with E-state index in [2.05, 4.69) is 5.32 Å². The summed E-state index contributed by atoms with van der Waals surface area (Å²) in [4.78, 5) is 24.8. The highest BCUT2D eigenvalue weighted by atomic mass is 16.5. The summed E-state index contributed by atoms with van der Waals surface area (Å²) in [6.45, 7) is 1.92. The molecule has 1 aromatic carbocycles. The predicted molar refractivity (Wildman–Crippen MR) is 67.7 cm³/mol. The Kier molecular flexibility index (Phi) is 4.35. The number of hydrogen-bond donors (Lipinski definition) is 2. The molecular formula is C13H16N2O4. The molecule has 19 heavy (non-hydrogen) atoms. The molecule has 1 aliphatic rings. The first-order valence-corrected chi connectivity index (χ1v) is 6.09. The summed E-state index contributed by atoms with van der Waals surface area (Å²) >= 11 is 0. The fourth-order valence-corrected chi connectivity index (χ4v) is 1.91. The van der Waals surface area contributed by atoms with Gasteiger partial charge in [-0.15, -0.1) is 0 Å². The molecule has 2 amide bonds. The number of nitrogens with zero attached hydrogens (tertiary/aromatic N) is 1. The van der Waals surface area contributed by atoms with Crippen LogP contribution >= 0.6 is 0 Å². The summed E-state index contributed by atoms with van der Waals surface area (Å²) in [6.07, 6.45) is 0. The van der Waals surface area contributed by atoms with E-state index in [0.29, 0.717) is 31.9 Å². The zero-order chi connectivity index (χ0) is 13.7. The van der Waals surface area contributed by atoms with Crippen molar-refractivity contribution in [2.45, 2.75) is 6.04 Å². The van der Waals surface area contributed by atoms with Crippen molar-refractivity contribution in [2.75, 3.05) is 26.3 Å². The zero-order valence-corrected chi connectivity index (χ0v) is 10.4. The second-order valence-corrected chi connectivity index (χ2v) is 4.23. The highest BCUT2D eigenvalue weighted by Crippen LogP contribution is 2.13. The van der Waals surface area contributed by atoms with E-state index >= 15 is 0 Å². The molecule has 2 rings (SSSR count). The molecule has 102 valence electrons. The van der Waals surface area contributed by atoms with Gasteiger partial charge < -0.3 is 20.1 Å². The summed E-state index contributed by atoms with van der Waals surface area (Å²) in [5, 5.41) is 11.8. The van der Waals surface area contributed by atoms with Crippen molar-refractivity contribution >= 4 is 12.0 Å². The standard InChI is InChI=1S/C13H16N2O4/c16-12(17)11(10-4-2-1-3-5-10)14-13(18)15-6-8-19-9-7-15/h1-5,11H,6-9H2,(H,14,18)(H,16,17)/t11-/m0/s1. The molecule has 2 N–H and O–H groups in total. The number of urea groups is 1. The average Bonchev–Trinajstić information content (AvgIpc) is 2.46. The molecular weight excluding hydrogens is 248 g/mol. The summed E-state index contributed by atoms with van der Waals surface area (Å²) in [6, 6.07) is 7.23. The second-order valence-electron chi connectivity index (χ2n) is 4.23. The number of carbonyl (C=O) groups excluding carboxylic acids is 1. The molecule has 0 unspecified atom stereocenters. The van der Waals surface area contributed by atoms with Crippen LogP contribution in [-0.2, 0) is 9.53 Å². The van der Waals surface area contributed by atoms with Crippen LogP contribution in [0, 0.1) is 0 Å². The third-order valence-electron chi connectivity index (χ3n) is 2.95. The monoisotopic (exact) mass is 264 g/mol. The van der Waals surface area contributed by atoms with Crippen molar-refractivity contribution in [3.8, 4) is 0 Å². The van der Waals surface area contributed by atoms with Gasteiger partial charge in [-0.1, -0.05) is 30.3 Å². The normalized spacial score (nSPS) is 16.7. The van der Waals surface area contributed by atoms with Crippen LogP contribution in [-0.4, -0.2) is 48.3 Å². The highest BCUT2D eigenvalue weighted by molar-refractivity contribution is 5.83. The number of ether oxygens (including phenoxy) is 1. The first-order chi connectivity index (χ1) is 9.18. The van der Waals surface area contributed by atoms with Gasteiger partial charge >= 0.3 is 12.0 Å². The maximum Gasteiger partial charge on any atom is 0.330 e. The van der Waals surface area contributed by atoms with E-state index in [1.54, 1.807) is 35.2 Å². The van der Waals surface area contributed by atoms with Crippen LogP contribution in [0.2, 0.25) is 0 Å². The Morgan fingerprint density at radius 3 is 2.42 bits per heavy atom. The van der Waals surface area contributed by atoms with Crippen LogP contribution in [0.1, 0.15) is 11.6 Å². The van der Waals surface area contributed by atoms with E-state index in [0.717, 1.165) is 0 Å². The number of rotatable bonds is 3. The maximum atomic E-state index is 12.0. The third kappa shape index (κ3) is 3.45. The van der Waals surface area contributed by atoms with Gasteiger partial charge in [0.25, 0.3) is 0 Å². The van der Waals surface area contributed by atoms with E-state index in [1.807, 2.05) is 0 Å². The van der Waals surface area contributed by atoms with Gasteiger partial charge in [-0.05, 0) is 5.56 Å². The number of morpholine rings is 1. The minimum Gasteiger partial charge on any atom is -0.479 e. The Balaban J connectivity index is 2.04. The van der Waals surface area contributed by atoms with Gasteiger partial charge in [0, 0.05) is 13.1 Å². The lowest BCUT2D eigenvalue weighted by Crippen LogP contribution is -2.48. The molecule has 0 bridgehead atoms. The van der Waals surface area contributed by atoms with Gasteiger partial charge in [0.05, 0.1) is 13.2 Å². The second kappa shape index (κ2) is 6.19. The number of benzene rings is 1. The maximum absolute atomic E-state index is 12.0. The predicted octanol–water partition coefficient (Wildman–Crippen LogP) is 0.854. The first-order valence-electron chi connectivity index (χ1n) is 6.09. The molecule has 1 heterocycles. The third-order valence-corrected chi connectivity index (χ3v) is 2.95. The van der Waals surface area contributed by atoms with Gasteiger partial charge in [-0.2, -0.15) is 0 Å². The lowest BCUT2D eigenvalue weighted by Gasteiger charge is -2.28. The summed E-state index contributed by atoms with van der Waals surface area (Å²) in [5.41, 5.74) is 0.552. The number of hydrogen-bond acceptors (Lipinski definition) is 3. The first kappa shape index (κ1) is 13.4. The van der Waals surface area contributed by atoms with Gasteiger partial charge in [0.2, 0.25) is 0 Å².